The zero-order chi connectivity index (χ0) is 27.9. The average Bonchev–Trinajstić information content (AvgIpc) is 3.27. The molecule has 3 aromatic rings. The van der Waals surface area contributed by atoms with E-state index in [2.05, 4.69) is 10.3 Å². The highest BCUT2D eigenvalue weighted by molar-refractivity contribution is 6.25. The van der Waals surface area contributed by atoms with Crippen LogP contribution in [0.3, 0.4) is 0 Å². The first-order valence-corrected chi connectivity index (χ1v) is 12.1. The van der Waals surface area contributed by atoms with Crippen LogP contribution in [-0.2, 0) is 10.8 Å². The average molecular weight is 515 g/mol. The third-order valence-electron chi connectivity index (χ3n) is 8.08. The van der Waals surface area contributed by atoms with Gasteiger partial charge in [0.25, 0.3) is 11.4 Å². The second-order valence-electron chi connectivity index (χ2n) is 11.0. The van der Waals surface area contributed by atoms with Crippen LogP contribution in [-0.4, -0.2) is 21.6 Å². The molecule has 5 rings (SSSR count). The maximum absolute atomic E-state index is 13.4. The third kappa shape index (κ3) is 3.36. The maximum atomic E-state index is 13.4. The van der Waals surface area contributed by atoms with Crippen molar-refractivity contribution in [2.45, 2.75) is 58.4 Å². The molecule has 2 heterocycles. The Kier molecular flexibility index (Phi) is 5.31. The molecule has 10 heteroatoms. The van der Waals surface area contributed by atoms with Gasteiger partial charge in [-0.05, 0) is 48.3 Å². The Bertz CT molecular complexity index is 1790. The van der Waals surface area contributed by atoms with Crippen LogP contribution < -0.4 is 26.6 Å². The first-order valence-electron chi connectivity index (χ1n) is 12.1. The van der Waals surface area contributed by atoms with Crippen LogP contribution in [0.1, 0.15) is 52.7 Å². The normalized spacial score (nSPS) is 18.4. The van der Waals surface area contributed by atoms with Crippen molar-refractivity contribution in [1.29, 1.82) is 0 Å². The Morgan fingerprint density at radius 2 is 1.42 bits per heavy atom. The van der Waals surface area contributed by atoms with E-state index in [9.17, 15) is 29.8 Å². The quantitative estimate of drug-likeness (QED) is 0.415. The first-order chi connectivity index (χ1) is 17.7. The van der Waals surface area contributed by atoms with Gasteiger partial charge in [0.2, 0.25) is 10.9 Å². The minimum atomic E-state index is -0.737. The molecular weight excluding hydrogens is 488 g/mol. The summed E-state index contributed by atoms with van der Waals surface area (Å²) < 4.78 is 0. The molecular formula is C28H26N4O6. The van der Waals surface area contributed by atoms with Crippen molar-refractivity contribution in [2.75, 3.05) is 5.32 Å². The summed E-state index contributed by atoms with van der Waals surface area (Å²) >= 11 is 0. The fourth-order valence-corrected chi connectivity index (χ4v) is 5.98. The van der Waals surface area contributed by atoms with Crippen LogP contribution in [0.2, 0.25) is 0 Å². The van der Waals surface area contributed by atoms with E-state index in [-0.39, 0.29) is 32.7 Å². The molecule has 1 atom stereocenters. The predicted molar refractivity (Wildman–Crippen MR) is 146 cm³/mol. The molecule has 0 saturated heterocycles. The summed E-state index contributed by atoms with van der Waals surface area (Å²) in [6.45, 7) is 11.0. The molecule has 3 aromatic carbocycles. The number of rotatable bonds is 4. The van der Waals surface area contributed by atoms with Crippen molar-refractivity contribution in [3.8, 4) is 0 Å². The number of hydrogen-bond donors (Lipinski definition) is 1. The summed E-state index contributed by atoms with van der Waals surface area (Å²) in [7, 11) is 0. The van der Waals surface area contributed by atoms with E-state index in [0.29, 0.717) is 28.1 Å². The highest BCUT2D eigenvalue weighted by Crippen LogP contribution is 2.45. The van der Waals surface area contributed by atoms with E-state index in [1.54, 1.807) is 26.0 Å². The van der Waals surface area contributed by atoms with Crippen molar-refractivity contribution >= 4 is 39.6 Å². The number of nitro groups is 2. The lowest BCUT2D eigenvalue weighted by atomic mass is 9.76. The van der Waals surface area contributed by atoms with Gasteiger partial charge in [0.15, 0.2) is 0 Å². The topological polar surface area (TPSA) is 145 Å². The van der Waals surface area contributed by atoms with Gasteiger partial charge in [-0.1, -0.05) is 27.7 Å². The second kappa shape index (κ2) is 8.01. The van der Waals surface area contributed by atoms with Crippen molar-refractivity contribution in [3.05, 3.63) is 98.6 Å². The number of hydrogen-bond acceptors (Lipinski definition) is 8. The van der Waals surface area contributed by atoms with Gasteiger partial charge in [-0.25, -0.2) is 0 Å². The molecule has 2 aliphatic rings. The summed E-state index contributed by atoms with van der Waals surface area (Å²) in [6, 6.07) is 8.64. The number of nitrogens with zero attached hydrogens (tertiary/aromatic N) is 3. The molecule has 0 aromatic heterocycles. The Hall–Kier alpha value is -4.47. The fraction of sp³-hybridized carbons (Fsp3) is 0.321. The SMILES string of the molecule is CC(C1=Nc2ccc([N+](=O)[O-])cc2C1(C)C)=c1c(=O)c(=C(C)C2Nc3ccc([N+](=O)[O-])cc3C2(C)C)c1=O. The van der Waals surface area contributed by atoms with E-state index in [4.69, 9.17) is 0 Å². The lowest BCUT2D eigenvalue weighted by molar-refractivity contribution is -0.385. The summed E-state index contributed by atoms with van der Waals surface area (Å²) in [5, 5.41) is 26.1. The molecule has 38 heavy (non-hydrogen) atoms. The lowest BCUT2D eigenvalue weighted by Crippen LogP contribution is -2.67. The van der Waals surface area contributed by atoms with E-state index in [0.717, 1.165) is 11.3 Å². The van der Waals surface area contributed by atoms with Gasteiger partial charge in [0.05, 0.1) is 37.7 Å². The summed E-state index contributed by atoms with van der Waals surface area (Å²) in [5.74, 6) is 0. The van der Waals surface area contributed by atoms with Gasteiger partial charge < -0.3 is 5.32 Å². The molecule has 0 amide bonds. The van der Waals surface area contributed by atoms with Crippen molar-refractivity contribution in [2.24, 2.45) is 4.99 Å². The van der Waals surface area contributed by atoms with Crippen molar-refractivity contribution < 1.29 is 9.85 Å². The Balaban J connectivity index is 1.60. The van der Waals surface area contributed by atoms with E-state index >= 15 is 0 Å². The number of aliphatic imine (C=N–C) groups is 1. The van der Waals surface area contributed by atoms with Crippen molar-refractivity contribution in [3.63, 3.8) is 0 Å². The maximum Gasteiger partial charge on any atom is 0.269 e. The minimum absolute atomic E-state index is 0.0208. The number of fused-ring (bicyclic) bond motifs is 2. The van der Waals surface area contributed by atoms with Crippen LogP contribution in [0.4, 0.5) is 22.7 Å². The predicted octanol–water partition coefficient (Wildman–Crippen LogP) is 3.28. The first kappa shape index (κ1) is 25.2. The van der Waals surface area contributed by atoms with Gasteiger partial charge in [-0.2, -0.15) is 0 Å². The largest absolute Gasteiger partial charge is 0.377 e. The molecule has 0 fully saturated rings. The second-order valence-corrected chi connectivity index (χ2v) is 11.0. The Morgan fingerprint density at radius 1 is 0.868 bits per heavy atom. The highest BCUT2D eigenvalue weighted by atomic mass is 16.6. The summed E-state index contributed by atoms with van der Waals surface area (Å²) in [6.07, 6.45) is 0. The number of nitrogens with one attached hydrogen (secondary N) is 1. The Morgan fingerprint density at radius 3 is 2.00 bits per heavy atom. The van der Waals surface area contributed by atoms with Crippen LogP contribution in [0.25, 0.3) is 11.1 Å². The number of benzene rings is 2. The third-order valence-corrected chi connectivity index (χ3v) is 8.08. The number of non-ortho nitro benzene ring substituents is 2. The molecule has 0 saturated carbocycles. The van der Waals surface area contributed by atoms with Crippen LogP contribution >= 0.6 is 0 Å². The van der Waals surface area contributed by atoms with E-state index in [1.165, 1.54) is 24.3 Å². The smallest absolute Gasteiger partial charge is 0.269 e. The monoisotopic (exact) mass is 514 g/mol. The van der Waals surface area contributed by atoms with E-state index < -0.39 is 26.7 Å². The molecule has 2 aliphatic heterocycles. The van der Waals surface area contributed by atoms with Crippen LogP contribution in [0.15, 0.2) is 51.0 Å². The highest BCUT2D eigenvalue weighted by Gasteiger charge is 2.42. The van der Waals surface area contributed by atoms with Crippen LogP contribution in [0, 0.1) is 20.2 Å². The zero-order valence-electron chi connectivity index (χ0n) is 21.8. The molecule has 0 radical (unpaired) electrons. The van der Waals surface area contributed by atoms with Gasteiger partial charge >= 0.3 is 0 Å². The Labute approximate surface area is 217 Å². The molecule has 0 bridgehead atoms. The van der Waals surface area contributed by atoms with Gasteiger partial charge in [0.1, 0.15) is 0 Å². The van der Waals surface area contributed by atoms with Crippen LogP contribution in [0.5, 0.6) is 0 Å². The van der Waals surface area contributed by atoms with E-state index in [1.807, 2.05) is 27.7 Å². The molecule has 1 N–H and O–H groups in total. The standard InChI is InChI=1S/C28H26N4O6/c1-13(25-27(3,4)17-11-15(31(35)36)7-9-19(17)29-25)21-23(33)22(24(21)34)14(2)26-28(5,6)18-12-16(32(37)38)8-10-20(18)30-26/h7-12,25,29H,1-6H3. The number of nitro benzene ring substituents is 2. The molecule has 0 aliphatic carbocycles. The molecule has 1 unspecified atom stereocenters. The zero-order valence-corrected chi connectivity index (χ0v) is 21.8. The summed E-state index contributed by atoms with van der Waals surface area (Å²) in [4.78, 5) is 53.2. The molecule has 10 nitrogen and oxygen atoms in total. The number of anilines is 1. The lowest BCUT2D eigenvalue weighted by Gasteiger charge is -2.28. The summed E-state index contributed by atoms with van der Waals surface area (Å²) in [5.41, 5.74) is 2.12. The van der Waals surface area contributed by atoms with Gasteiger partial charge in [-0.15, -0.1) is 0 Å². The fourth-order valence-electron chi connectivity index (χ4n) is 5.98. The molecule has 0 spiro atoms. The molecule has 194 valence electrons. The van der Waals surface area contributed by atoms with Gasteiger partial charge in [0, 0.05) is 40.8 Å². The minimum Gasteiger partial charge on any atom is -0.377 e. The van der Waals surface area contributed by atoms with Crippen molar-refractivity contribution in [1.82, 2.24) is 0 Å². The van der Waals surface area contributed by atoms with Gasteiger partial charge in [-0.3, -0.25) is 34.8 Å².